The minimum Gasteiger partial charge on any atom is -0.480 e. The molecule has 2 N–H and O–H groups in total. The lowest BCUT2D eigenvalue weighted by Crippen LogP contribution is -2.50. The summed E-state index contributed by atoms with van der Waals surface area (Å²) in [4.78, 5) is 13.6. The quantitative estimate of drug-likeness (QED) is 0.837. The van der Waals surface area contributed by atoms with Gasteiger partial charge < -0.3 is 15.3 Å². The molecule has 1 heterocycles. The molecule has 1 aromatic rings. The Kier molecular flexibility index (Phi) is 5.01. The van der Waals surface area contributed by atoms with Gasteiger partial charge in [-0.25, -0.2) is 0 Å². The Labute approximate surface area is 120 Å². The van der Waals surface area contributed by atoms with Crippen LogP contribution in [0.2, 0.25) is 0 Å². The van der Waals surface area contributed by atoms with Crippen LogP contribution in [-0.2, 0) is 11.2 Å². The zero-order valence-corrected chi connectivity index (χ0v) is 12.3. The molecule has 0 bridgehead atoms. The molecule has 0 fully saturated rings. The molecule has 0 saturated carbocycles. The first-order valence-electron chi connectivity index (χ1n) is 7.44. The monoisotopic (exact) mass is 276 g/mol. The van der Waals surface area contributed by atoms with Crippen molar-refractivity contribution in [1.29, 1.82) is 0 Å². The van der Waals surface area contributed by atoms with Crippen LogP contribution < -0.4 is 10.2 Å². The van der Waals surface area contributed by atoms with Crippen molar-refractivity contribution in [3.05, 3.63) is 29.8 Å². The van der Waals surface area contributed by atoms with E-state index in [0.29, 0.717) is 12.6 Å². The van der Waals surface area contributed by atoms with E-state index in [1.54, 1.807) is 0 Å². The van der Waals surface area contributed by atoms with Crippen molar-refractivity contribution >= 4 is 11.7 Å². The fourth-order valence-corrected chi connectivity index (χ4v) is 2.78. The second-order valence-corrected chi connectivity index (χ2v) is 5.51. The summed E-state index contributed by atoms with van der Waals surface area (Å²) in [6, 6.07) is 8.20. The van der Waals surface area contributed by atoms with E-state index in [1.165, 1.54) is 11.3 Å². The van der Waals surface area contributed by atoms with E-state index in [2.05, 4.69) is 35.3 Å². The number of carboxylic acid groups (broad SMARTS) is 1. The van der Waals surface area contributed by atoms with Gasteiger partial charge in [-0.05, 0) is 44.4 Å². The zero-order valence-electron chi connectivity index (χ0n) is 12.3. The number of nitrogens with one attached hydrogen (secondary N) is 1. The van der Waals surface area contributed by atoms with E-state index in [4.69, 9.17) is 0 Å². The number of carboxylic acids is 1. The summed E-state index contributed by atoms with van der Waals surface area (Å²) >= 11 is 0. The molecule has 2 rings (SSSR count). The summed E-state index contributed by atoms with van der Waals surface area (Å²) in [5.41, 5.74) is 2.51. The topological polar surface area (TPSA) is 52.6 Å². The number of fused-ring (bicyclic) bond motifs is 1. The third-order valence-corrected chi connectivity index (χ3v) is 3.98. The average molecular weight is 276 g/mol. The number of anilines is 1. The third-order valence-electron chi connectivity index (χ3n) is 3.98. The van der Waals surface area contributed by atoms with Crippen LogP contribution in [0, 0.1) is 0 Å². The minimum atomic E-state index is -0.770. The summed E-state index contributed by atoms with van der Waals surface area (Å²) < 4.78 is 0. The van der Waals surface area contributed by atoms with Crippen LogP contribution in [-0.4, -0.2) is 36.2 Å². The molecule has 0 amide bonds. The molecular formula is C16H24N2O2. The van der Waals surface area contributed by atoms with Crippen LogP contribution in [0.5, 0.6) is 0 Å². The van der Waals surface area contributed by atoms with Crippen molar-refractivity contribution in [2.24, 2.45) is 0 Å². The van der Waals surface area contributed by atoms with Crippen molar-refractivity contribution in [1.82, 2.24) is 5.32 Å². The Bertz CT molecular complexity index is 462. The maximum absolute atomic E-state index is 11.4. The number of hydrogen-bond acceptors (Lipinski definition) is 3. The fourth-order valence-electron chi connectivity index (χ4n) is 2.78. The third kappa shape index (κ3) is 3.31. The molecule has 0 radical (unpaired) electrons. The highest BCUT2D eigenvalue weighted by atomic mass is 16.4. The van der Waals surface area contributed by atoms with Crippen molar-refractivity contribution in [2.45, 2.75) is 45.2 Å². The summed E-state index contributed by atoms with van der Waals surface area (Å²) in [7, 11) is 0. The van der Waals surface area contributed by atoms with E-state index in [9.17, 15) is 9.90 Å². The first-order chi connectivity index (χ1) is 9.63. The number of rotatable bonds is 6. The summed E-state index contributed by atoms with van der Waals surface area (Å²) in [6.07, 6.45) is 3.10. The lowest BCUT2D eigenvalue weighted by molar-refractivity contribution is -0.139. The predicted octanol–water partition coefficient (Wildman–Crippen LogP) is 2.28. The first kappa shape index (κ1) is 14.9. The van der Waals surface area contributed by atoms with Gasteiger partial charge in [0.25, 0.3) is 0 Å². The van der Waals surface area contributed by atoms with Crippen molar-refractivity contribution < 1.29 is 9.90 Å². The van der Waals surface area contributed by atoms with Crippen LogP contribution in [0.3, 0.4) is 0 Å². The Morgan fingerprint density at radius 2 is 2.25 bits per heavy atom. The second-order valence-electron chi connectivity index (χ2n) is 5.51. The van der Waals surface area contributed by atoms with E-state index in [0.717, 1.165) is 25.8 Å². The smallest absolute Gasteiger partial charge is 0.322 e. The molecule has 1 aliphatic heterocycles. The molecule has 4 nitrogen and oxygen atoms in total. The largest absolute Gasteiger partial charge is 0.480 e. The Morgan fingerprint density at radius 1 is 1.50 bits per heavy atom. The van der Waals surface area contributed by atoms with Crippen LogP contribution in [0.1, 0.15) is 32.3 Å². The Morgan fingerprint density at radius 3 is 2.95 bits per heavy atom. The van der Waals surface area contributed by atoms with Gasteiger partial charge in [0, 0.05) is 18.3 Å². The van der Waals surface area contributed by atoms with Crippen LogP contribution in [0.15, 0.2) is 24.3 Å². The van der Waals surface area contributed by atoms with Gasteiger partial charge in [0.1, 0.15) is 6.04 Å². The molecule has 0 aromatic heterocycles. The van der Waals surface area contributed by atoms with Gasteiger partial charge >= 0.3 is 5.97 Å². The van der Waals surface area contributed by atoms with Gasteiger partial charge in [0.05, 0.1) is 0 Å². The molecule has 2 unspecified atom stereocenters. The van der Waals surface area contributed by atoms with Gasteiger partial charge in [0.2, 0.25) is 0 Å². The second kappa shape index (κ2) is 6.75. The van der Waals surface area contributed by atoms with Gasteiger partial charge in [-0.15, -0.1) is 0 Å². The van der Waals surface area contributed by atoms with Crippen LogP contribution >= 0.6 is 0 Å². The lowest BCUT2D eigenvalue weighted by Gasteiger charge is -2.38. The number of carbonyl (C=O) groups is 1. The van der Waals surface area contributed by atoms with Crippen molar-refractivity contribution in [3.8, 4) is 0 Å². The van der Waals surface area contributed by atoms with E-state index < -0.39 is 12.0 Å². The highest BCUT2D eigenvalue weighted by Gasteiger charge is 2.27. The SMILES string of the molecule is CCCNC(CN1c2ccccc2CCC1C)C(=O)O. The molecule has 0 saturated heterocycles. The first-order valence-corrected chi connectivity index (χ1v) is 7.44. The molecule has 0 aliphatic carbocycles. The number of nitrogens with zero attached hydrogens (tertiary/aromatic N) is 1. The molecule has 4 heteroatoms. The fraction of sp³-hybridized carbons (Fsp3) is 0.562. The van der Waals surface area contributed by atoms with Gasteiger partial charge in [0.15, 0.2) is 0 Å². The summed E-state index contributed by atoms with van der Waals surface area (Å²) in [6.45, 7) is 5.48. The maximum Gasteiger partial charge on any atom is 0.322 e. The Balaban J connectivity index is 2.16. The number of para-hydroxylation sites is 1. The van der Waals surface area contributed by atoms with E-state index >= 15 is 0 Å². The maximum atomic E-state index is 11.4. The number of benzene rings is 1. The lowest BCUT2D eigenvalue weighted by atomic mass is 9.96. The molecule has 2 atom stereocenters. The number of aliphatic carboxylic acids is 1. The number of aryl methyl sites for hydroxylation is 1. The van der Waals surface area contributed by atoms with Crippen molar-refractivity contribution in [3.63, 3.8) is 0 Å². The molecule has 1 aliphatic rings. The average Bonchev–Trinajstić information content (AvgIpc) is 2.45. The zero-order chi connectivity index (χ0) is 14.5. The molecule has 20 heavy (non-hydrogen) atoms. The van der Waals surface area contributed by atoms with Crippen LogP contribution in [0.4, 0.5) is 5.69 Å². The van der Waals surface area contributed by atoms with Crippen LogP contribution in [0.25, 0.3) is 0 Å². The predicted molar refractivity (Wildman–Crippen MR) is 81.3 cm³/mol. The minimum absolute atomic E-state index is 0.384. The Hall–Kier alpha value is -1.55. The van der Waals surface area contributed by atoms with Crippen molar-refractivity contribution in [2.75, 3.05) is 18.0 Å². The van der Waals surface area contributed by atoms with E-state index in [-0.39, 0.29) is 0 Å². The molecule has 1 aromatic carbocycles. The highest BCUT2D eigenvalue weighted by molar-refractivity contribution is 5.75. The summed E-state index contributed by atoms with van der Waals surface area (Å²) in [5, 5.41) is 12.5. The van der Waals surface area contributed by atoms with Gasteiger partial charge in [-0.1, -0.05) is 25.1 Å². The standard InChI is InChI=1S/C16H24N2O2/c1-3-10-17-14(16(19)20)11-18-12(2)8-9-13-6-4-5-7-15(13)18/h4-7,12,14,17H,3,8-11H2,1-2H3,(H,19,20). The molecule has 110 valence electrons. The summed E-state index contributed by atoms with van der Waals surface area (Å²) in [5.74, 6) is -0.770. The molecular weight excluding hydrogens is 252 g/mol. The van der Waals surface area contributed by atoms with E-state index in [1.807, 2.05) is 13.0 Å². The number of hydrogen-bond donors (Lipinski definition) is 2. The molecule has 0 spiro atoms. The normalized spacial score (nSPS) is 19.5. The van der Waals surface area contributed by atoms with Gasteiger partial charge in [-0.3, -0.25) is 4.79 Å². The van der Waals surface area contributed by atoms with Gasteiger partial charge in [-0.2, -0.15) is 0 Å². The highest BCUT2D eigenvalue weighted by Crippen LogP contribution is 2.30.